The average Bonchev–Trinajstić information content (AvgIpc) is 2.48. The summed E-state index contributed by atoms with van der Waals surface area (Å²) >= 11 is 0. The third-order valence-corrected chi connectivity index (χ3v) is 3.27. The lowest BCUT2D eigenvalue weighted by Gasteiger charge is -2.11. The first-order valence-electron chi connectivity index (χ1n) is 6.79. The summed E-state index contributed by atoms with van der Waals surface area (Å²) in [5.74, 6) is 0.117. The number of carbonyl (C=O) groups is 1. The van der Waals surface area contributed by atoms with Crippen molar-refractivity contribution in [1.29, 1.82) is 0 Å². The fourth-order valence-corrected chi connectivity index (χ4v) is 1.84. The van der Waals surface area contributed by atoms with Crippen molar-refractivity contribution < 1.29 is 22.7 Å². The second-order valence-corrected chi connectivity index (χ2v) is 4.96. The van der Waals surface area contributed by atoms with Crippen LogP contribution in [0.3, 0.4) is 0 Å². The van der Waals surface area contributed by atoms with Crippen LogP contribution in [-0.2, 0) is 11.0 Å². The highest BCUT2D eigenvalue weighted by molar-refractivity contribution is 5.90. The quantitative estimate of drug-likeness (QED) is 0.932. The summed E-state index contributed by atoms with van der Waals surface area (Å²) in [4.78, 5) is 15.3. The van der Waals surface area contributed by atoms with Gasteiger partial charge in [-0.2, -0.15) is 13.2 Å². The van der Waals surface area contributed by atoms with E-state index in [2.05, 4.69) is 10.3 Å². The van der Waals surface area contributed by atoms with Gasteiger partial charge in [-0.25, -0.2) is 4.98 Å². The number of hydrogen-bond donors (Lipinski definition) is 1. The fourth-order valence-electron chi connectivity index (χ4n) is 1.84. The Bertz CT molecular complexity index is 697. The first kappa shape index (κ1) is 16.8. The monoisotopic (exact) mass is 324 g/mol. The molecule has 0 radical (unpaired) electrons. The van der Waals surface area contributed by atoms with E-state index in [1.54, 1.807) is 6.07 Å². The van der Waals surface area contributed by atoms with E-state index < -0.39 is 17.6 Å². The molecule has 0 aliphatic carbocycles. The number of pyridine rings is 1. The van der Waals surface area contributed by atoms with E-state index >= 15 is 0 Å². The van der Waals surface area contributed by atoms with Crippen molar-refractivity contribution in [3.8, 4) is 5.75 Å². The third kappa shape index (κ3) is 4.45. The van der Waals surface area contributed by atoms with Gasteiger partial charge in [-0.1, -0.05) is 12.1 Å². The van der Waals surface area contributed by atoms with Gasteiger partial charge >= 0.3 is 6.18 Å². The van der Waals surface area contributed by atoms with Gasteiger partial charge in [0, 0.05) is 6.20 Å². The molecule has 1 N–H and O–H groups in total. The van der Waals surface area contributed by atoms with Crippen molar-refractivity contribution >= 4 is 11.7 Å². The number of aromatic nitrogens is 1. The number of ether oxygens (including phenoxy) is 1. The van der Waals surface area contributed by atoms with Crippen molar-refractivity contribution in [2.45, 2.75) is 20.0 Å². The molecule has 2 rings (SSSR count). The van der Waals surface area contributed by atoms with Crippen LogP contribution in [0.4, 0.5) is 19.0 Å². The number of benzene rings is 1. The Balaban J connectivity index is 1.93. The summed E-state index contributed by atoms with van der Waals surface area (Å²) in [5, 5.41) is 2.38. The largest absolute Gasteiger partial charge is 0.483 e. The minimum absolute atomic E-state index is 0.0348. The van der Waals surface area contributed by atoms with Crippen LogP contribution in [0.25, 0.3) is 0 Å². The second kappa shape index (κ2) is 6.68. The molecule has 4 nitrogen and oxygen atoms in total. The van der Waals surface area contributed by atoms with Crippen molar-refractivity contribution in [2.24, 2.45) is 0 Å². The van der Waals surface area contributed by atoms with E-state index in [1.165, 1.54) is 0 Å². The zero-order chi connectivity index (χ0) is 17.0. The number of aryl methyl sites for hydroxylation is 1. The number of carbonyl (C=O) groups excluding carboxylic acids is 1. The number of alkyl halides is 3. The van der Waals surface area contributed by atoms with Crippen LogP contribution in [0.2, 0.25) is 0 Å². The lowest BCUT2D eigenvalue weighted by Crippen LogP contribution is -2.21. The van der Waals surface area contributed by atoms with Crippen LogP contribution in [0, 0.1) is 13.8 Å². The van der Waals surface area contributed by atoms with Crippen LogP contribution in [-0.4, -0.2) is 17.5 Å². The molecule has 1 aromatic heterocycles. The van der Waals surface area contributed by atoms with Gasteiger partial charge in [0.25, 0.3) is 5.91 Å². The van der Waals surface area contributed by atoms with Crippen molar-refractivity contribution in [3.63, 3.8) is 0 Å². The zero-order valence-electron chi connectivity index (χ0n) is 12.6. The van der Waals surface area contributed by atoms with Gasteiger partial charge in [0.15, 0.2) is 6.61 Å². The van der Waals surface area contributed by atoms with Crippen LogP contribution < -0.4 is 10.1 Å². The maximum absolute atomic E-state index is 12.4. The van der Waals surface area contributed by atoms with Gasteiger partial charge in [0.2, 0.25) is 0 Å². The number of hydrogen-bond acceptors (Lipinski definition) is 3. The lowest BCUT2D eigenvalue weighted by atomic mass is 10.1. The molecule has 2 aromatic rings. The lowest BCUT2D eigenvalue weighted by molar-refractivity contribution is -0.137. The zero-order valence-corrected chi connectivity index (χ0v) is 12.6. The van der Waals surface area contributed by atoms with Gasteiger partial charge in [-0.3, -0.25) is 4.79 Å². The normalized spacial score (nSPS) is 11.2. The van der Waals surface area contributed by atoms with E-state index in [4.69, 9.17) is 4.74 Å². The summed E-state index contributed by atoms with van der Waals surface area (Å²) in [6, 6.07) is 7.43. The average molecular weight is 324 g/mol. The molecule has 0 aliphatic heterocycles. The summed E-state index contributed by atoms with van der Waals surface area (Å²) in [5.41, 5.74) is 1.09. The Morgan fingerprint density at radius 2 is 1.96 bits per heavy atom. The Morgan fingerprint density at radius 1 is 1.22 bits per heavy atom. The standard InChI is InChI=1S/C16H15F3N2O2/c1-10-4-3-5-13(11(10)2)23-9-15(22)21-14-7-6-12(8-20-14)16(17,18)19/h3-8H,9H2,1-2H3,(H,20,21,22). The Morgan fingerprint density at radius 3 is 2.57 bits per heavy atom. The number of halogens is 3. The molecule has 1 aromatic carbocycles. The number of rotatable bonds is 4. The molecule has 0 saturated carbocycles. The van der Waals surface area contributed by atoms with Gasteiger partial charge in [-0.05, 0) is 43.2 Å². The molecule has 0 spiro atoms. The Kier molecular flexibility index (Phi) is 4.88. The molecule has 0 unspecified atom stereocenters. The molecule has 0 bridgehead atoms. The molecule has 23 heavy (non-hydrogen) atoms. The van der Waals surface area contributed by atoms with E-state index in [1.807, 2.05) is 26.0 Å². The second-order valence-electron chi connectivity index (χ2n) is 4.96. The van der Waals surface area contributed by atoms with Crippen molar-refractivity contribution in [3.05, 3.63) is 53.2 Å². The number of nitrogens with one attached hydrogen (secondary N) is 1. The number of nitrogens with zero attached hydrogens (tertiary/aromatic N) is 1. The predicted molar refractivity (Wildman–Crippen MR) is 79.3 cm³/mol. The summed E-state index contributed by atoms with van der Waals surface area (Å²) < 4.78 is 42.7. The highest BCUT2D eigenvalue weighted by atomic mass is 19.4. The Labute approximate surface area is 131 Å². The minimum Gasteiger partial charge on any atom is -0.483 e. The van der Waals surface area contributed by atoms with Gasteiger partial charge in [0.05, 0.1) is 5.56 Å². The number of amides is 1. The molecule has 0 saturated heterocycles. The van der Waals surface area contributed by atoms with Crippen LogP contribution in [0.15, 0.2) is 36.5 Å². The fraction of sp³-hybridized carbons (Fsp3) is 0.250. The van der Waals surface area contributed by atoms with Crippen molar-refractivity contribution in [2.75, 3.05) is 11.9 Å². The summed E-state index contributed by atoms with van der Waals surface area (Å²) in [6.07, 6.45) is -3.79. The molecule has 1 amide bonds. The molecule has 122 valence electrons. The highest BCUT2D eigenvalue weighted by Gasteiger charge is 2.30. The predicted octanol–water partition coefficient (Wildman–Crippen LogP) is 3.73. The van der Waals surface area contributed by atoms with Crippen LogP contribution in [0.5, 0.6) is 5.75 Å². The van der Waals surface area contributed by atoms with Crippen LogP contribution >= 0.6 is 0 Å². The maximum Gasteiger partial charge on any atom is 0.417 e. The third-order valence-electron chi connectivity index (χ3n) is 3.27. The van der Waals surface area contributed by atoms with E-state index in [0.717, 1.165) is 23.3 Å². The maximum atomic E-state index is 12.4. The van der Waals surface area contributed by atoms with Gasteiger partial charge in [0.1, 0.15) is 11.6 Å². The molecule has 0 fully saturated rings. The summed E-state index contributed by atoms with van der Waals surface area (Å²) in [7, 11) is 0. The first-order chi connectivity index (χ1) is 10.8. The molecular weight excluding hydrogens is 309 g/mol. The molecule has 0 aliphatic rings. The van der Waals surface area contributed by atoms with Gasteiger partial charge < -0.3 is 10.1 Å². The highest BCUT2D eigenvalue weighted by Crippen LogP contribution is 2.28. The van der Waals surface area contributed by atoms with E-state index in [9.17, 15) is 18.0 Å². The molecule has 7 heteroatoms. The smallest absolute Gasteiger partial charge is 0.417 e. The van der Waals surface area contributed by atoms with Crippen LogP contribution in [0.1, 0.15) is 16.7 Å². The Hall–Kier alpha value is -2.57. The SMILES string of the molecule is Cc1cccc(OCC(=O)Nc2ccc(C(F)(F)F)cn2)c1C. The molecule has 0 atom stereocenters. The number of anilines is 1. The van der Waals surface area contributed by atoms with Gasteiger partial charge in [-0.15, -0.1) is 0 Å². The van der Waals surface area contributed by atoms with E-state index in [0.29, 0.717) is 11.9 Å². The minimum atomic E-state index is -4.46. The van der Waals surface area contributed by atoms with E-state index in [-0.39, 0.29) is 12.4 Å². The molecular formula is C16H15F3N2O2. The summed E-state index contributed by atoms with van der Waals surface area (Å²) in [6.45, 7) is 3.54. The first-order valence-corrected chi connectivity index (χ1v) is 6.79. The molecule has 1 heterocycles. The topological polar surface area (TPSA) is 51.2 Å². The van der Waals surface area contributed by atoms with Crippen molar-refractivity contribution in [1.82, 2.24) is 4.98 Å².